The molecule has 0 saturated carbocycles. The number of ketones is 1. The van der Waals surface area contributed by atoms with Crippen molar-refractivity contribution in [3.05, 3.63) is 53.3 Å². The van der Waals surface area contributed by atoms with E-state index in [1.54, 1.807) is 6.20 Å². The number of benzene rings is 1. The summed E-state index contributed by atoms with van der Waals surface area (Å²) < 4.78 is 0. The van der Waals surface area contributed by atoms with Crippen LogP contribution in [0.2, 0.25) is 0 Å². The first kappa shape index (κ1) is 10.2. The van der Waals surface area contributed by atoms with Crippen molar-refractivity contribution >= 4 is 5.78 Å². The van der Waals surface area contributed by atoms with Crippen LogP contribution in [0.15, 0.2) is 36.7 Å². The van der Waals surface area contributed by atoms with Crippen LogP contribution >= 0.6 is 0 Å². The van der Waals surface area contributed by atoms with Crippen molar-refractivity contribution in [3.8, 4) is 11.1 Å². The molecule has 0 fully saturated rings. The van der Waals surface area contributed by atoms with Gasteiger partial charge in [-0.2, -0.15) is 0 Å². The van der Waals surface area contributed by atoms with Gasteiger partial charge in [-0.25, -0.2) is 0 Å². The number of aryl methyl sites for hydroxylation is 1. The highest BCUT2D eigenvalue weighted by molar-refractivity contribution is 6.02. The fourth-order valence-electron chi connectivity index (χ4n) is 2.49. The maximum Gasteiger partial charge on any atom is 0.163 e. The number of Topliss-reactive ketones (excluding diaryl/α,β-unsaturated/α-hetero) is 1. The first-order valence-electron chi connectivity index (χ1n) is 5.83. The smallest absolute Gasteiger partial charge is 0.163 e. The lowest BCUT2D eigenvalue weighted by molar-refractivity contribution is 0.0994. The Morgan fingerprint density at radius 2 is 1.88 bits per heavy atom. The van der Waals surface area contributed by atoms with Gasteiger partial charge in [0, 0.05) is 29.9 Å². The Morgan fingerprint density at radius 1 is 1.06 bits per heavy atom. The van der Waals surface area contributed by atoms with E-state index in [9.17, 15) is 4.79 Å². The van der Waals surface area contributed by atoms with E-state index in [-0.39, 0.29) is 5.78 Å². The minimum atomic E-state index is 0.267. The van der Waals surface area contributed by atoms with Crippen LogP contribution in [0.3, 0.4) is 0 Å². The van der Waals surface area contributed by atoms with Crippen molar-refractivity contribution < 1.29 is 4.79 Å². The Bertz CT molecular complexity index is 602. The number of nitrogens with zero attached hydrogens (tertiary/aromatic N) is 1. The van der Waals surface area contributed by atoms with E-state index in [4.69, 9.17) is 0 Å². The van der Waals surface area contributed by atoms with Gasteiger partial charge in [-0.15, -0.1) is 0 Å². The third-order valence-corrected chi connectivity index (χ3v) is 3.41. The fourth-order valence-corrected chi connectivity index (χ4v) is 2.49. The Balaban J connectivity index is 2.24. The molecule has 1 aromatic heterocycles. The first-order valence-corrected chi connectivity index (χ1v) is 5.83. The number of carbonyl (C=O) groups is 1. The molecule has 0 unspecified atom stereocenters. The van der Waals surface area contributed by atoms with Gasteiger partial charge in [0.15, 0.2) is 5.78 Å². The van der Waals surface area contributed by atoms with E-state index in [1.165, 1.54) is 16.7 Å². The molecule has 84 valence electrons. The van der Waals surface area contributed by atoms with Crippen molar-refractivity contribution in [1.82, 2.24) is 4.98 Å². The van der Waals surface area contributed by atoms with Gasteiger partial charge in [-0.05, 0) is 36.1 Å². The molecule has 1 aliphatic rings. The lowest BCUT2D eigenvalue weighted by Crippen LogP contribution is -1.93. The molecule has 0 bridgehead atoms. The van der Waals surface area contributed by atoms with Crippen LogP contribution in [0, 0.1) is 6.92 Å². The summed E-state index contributed by atoms with van der Waals surface area (Å²) >= 11 is 0. The Kier molecular flexibility index (Phi) is 2.29. The molecule has 2 aromatic rings. The predicted molar refractivity (Wildman–Crippen MR) is 67.1 cm³/mol. The predicted octanol–water partition coefficient (Wildman–Crippen LogP) is 3.19. The molecule has 2 nitrogen and oxygen atoms in total. The monoisotopic (exact) mass is 223 g/mol. The topological polar surface area (TPSA) is 30.0 Å². The lowest BCUT2D eigenvalue weighted by Gasteiger charge is -2.09. The highest BCUT2D eigenvalue weighted by atomic mass is 16.1. The molecule has 1 aliphatic carbocycles. The zero-order valence-corrected chi connectivity index (χ0v) is 9.73. The van der Waals surface area contributed by atoms with Crippen molar-refractivity contribution in [2.75, 3.05) is 0 Å². The molecule has 0 spiro atoms. The molecule has 0 atom stereocenters. The number of pyridine rings is 1. The summed E-state index contributed by atoms with van der Waals surface area (Å²) in [6.07, 6.45) is 5.19. The Hall–Kier alpha value is -1.96. The molecule has 0 saturated heterocycles. The number of aromatic nitrogens is 1. The average molecular weight is 223 g/mol. The summed E-state index contributed by atoms with van der Waals surface area (Å²) in [5.41, 5.74) is 5.59. The van der Waals surface area contributed by atoms with E-state index >= 15 is 0 Å². The van der Waals surface area contributed by atoms with Crippen molar-refractivity contribution in [1.29, 1.82) is 0 Å². The molecule has 1 aromatic carbocycles. The number of rotatable bonds is 1. The first-order chi connectivity index (χ1) is 8.27. The van der Waals surface area contributed by atoms with Gasteiger partial charge in [0.2, 0.25) is 0 Å². The number of carbonyl (C=O) groups excluding carboxylic acids is 1. The van der Waals surface area contributed by atoms with Crippen LogP contribution in [0.5, 0.6) is 0 Å². The molecule has 2 heteroatoms. The zero-order chi connectivity index (χ0) is 11.8. The number of hydrogen-bond acceptors (Lipinski definition) is 2. The second-order valence-electron chi connectivity index (χ2n) is 4.45. The van der Waals surface area contributed by atoms with Gasteiger partial charge in [0.25, 0.3) is 0 Å². The summed E-state index contributed by atoms with van der Waals surface area (Å²) in [4.78, 5) is 15.9. The van der Waals surface area contributed by atoms with Crippen molar-refractivity contribution in [3.63, 3.8) is 0 Å². The Morgan fingerprint density at radius 3 is 2.71 bits per heavy atom. The van der Waals surface area contributed by atoms with E-state index in [2.05, 4.69) is 18.0 Å². The minimum Gasteiger partial charge on any atom is -0.294 e. The molecular formula is C15H13NO. The van der Waals surface area contributed by atoms with Gasteiger partial charge in [0.1, 0.15) is 0 Å². The highest BCUT2D eigenvalue weighted by Crippen LogP contribution is 2.33. The van der Waals surface area contributed by atoms with Crippen LogP contribution in [-0.2, 0) is 6.42 Å². The molecule has 1 heterocycles. The standard InChI is InChI=1S/C15H13NO/c1-10-7-8-16-9-14(10)11-3-2-4-13-12(11)5-6-15(13)17/h2-4,7-9H,5-6H2,1H3. The molecule has 3 rings (SSSR count). The second-order valence-corrected chi connectivity index (χ2v) is 4.45. The van der Waals surface area contributed by atoms with Crippen LogP contribution < -0.4 is 0 Å². The lowest BCUT2D eigenvalue weighted by atomic mass is 9.95. The van der Waals surface area contributed by atoms with E-state index in [0.29, 0.717) is 6.42 Å². The second kappa shape index (κ2) is 3.81. The molecule has 0 radical (unpaired) electrons. The van der Waals surface area contributed by atoms with Crippen molar-refractivity contribution in [2.45, 2.75) is 19.8 Å². The van der Waals surface area contributed by atoms with Crippen LogP contribution in [-0.4, -0.2) is 10.8 Å². The van der Waals surface area contributed by atoms with Gasteiger partial charge < -0.3 is 0 Å². The molecule has 0 aliphatic heterocycles. The largest absolute Gasteiger partial charge is 0.294 e. The highest BCUT2D eigenvalue weighted by Gasteiger charge is 2.22. The normalized spacial score (nSPS) is 13.8. The van der Waals surface area contributed by atoms with E-state index in [0.717, 1.165) is 17.5 Å². The molecule has 17 heavy (non-hydrogen) atoms. The summed E-state index contributed by atoms with van der Waals surface area (Å²) in [6, 6.07) is 7.98. The minimum absolute atomic E-state index is 0.267. The van der Waals surface area contributed by atoms with E-state index in [1.807, 2.05) is 24.4 Å². The van der Waals surface area contributed by atoms with Crippen LogP contribution in [0.4, 0.5) is 0 Å². The molecule has 0 N–H and O–H groups in total. The summed E-state index contributed by atoms with van der Waals surface area (Å²) in [6.45, 7) is 2.08. The van der Waals surface area contributed by atoms with Gasteiger partial charge >= 0.3 is 0 Å². The number of fused-ring (bicyclic) bond motifs is 1. The molecule has 0 amide bonds. The maximum atomic E-state index is 11.7. The fraction of sp³-hybridized carbons (Fsp3) is 0.200. The van der Waals surface area contributed by atoms with Crippen LogP contribution in [0.1, 0.15) is 27.9 Å². The summed E-state index contributed by atoms with van der Waals surface area (Å²) in [7, 11) is 0. The summed E-state index contributed by atoms with van der Waals surface area (Å²) in [5.74, 6) is 0.267. The SMILES string of the molecule is Cc1ccncc1-c1cccc2c1CCC2=O. The van der Waals surface area contributed by atoms with Crippen LogP contribution in [0.25, 0.3) is 11.1 Å². The average Bonchev–Trinajstić information content (AvgIpc) is 2.72. The Labute approximate surface area is 100 Å². The van der Waals surface area contributed by atoms with Gasteiger partial charge in [0.05, 0.1) is 0 Å². The van der Waals surface area contributed by atoms with Crippen molar-refractivity contribution in [2.24, 2.45) is 0 Å². The third-order valence-electron chi connectivity index (χ3n) is 3.41. The third kappa shape index (κ3) is 1.57. The van der Waals surface area contributed by atoms with Gasteiger partial charge in [-0.1, -0.05) is 18.2 Å². The zero-order valence-electron chi connectivity index (χ0n) is 9.73. The van der Waals surface area contributed by atoms with E-state index < -0.39 is 0 Å². The molecular weight excluding hydrogens is 210 g/mol. The van der Waals surface area contributed by atoms with Gasteiger partial charge in [-0.3, -0.25) is 9.78 Å². The number of hydrogen-bond donors (Lipinski definition) is 0. The maximum absolute atomic E-state index is 11.7. The summed E-state index contributed by atoms with van der Waals surface area (Å²) in [5, 5.41) is 0. The quantitative estimate of drug-likeness (QED) is 0.743.